The molecule has 0 aliphatic heterocycles. The van der Waals surface area contributed by atoms with Gasteiger partial charge in [0.05, 0.1) is 28.8 Å². The van der Waals surface area contributed by atoms with Gasteiger partial charge < -0.3 is 9.30 Å². The maximum Gasteiger partial charge on any atom is 0.285 e. The minimum Gasteiger partial charge on any atom is -0.497 e. The Morgan fingerprint density at radius 1 is 1.27 bits per heavy atom. The average molecular weight is 394 g/mol. The molecule has 0 radical (unpaired) electrons. The van der Waals surface area contributed by atoms with Crippen molar-refractivity contribution in [2.75, 3.05) is 7.11 Å². The summed E-state index contributed by atoms with van der Waals surface area (Å²) in [7, 11) is -2.62. The second-order valence-electron chi connectivity index (χ2n) is 5.15. The lowest BCUT2D eigenvalue weighted by Gasteiger charge is -2.03. The number of halogens is 2. The van der Waals surface area contributed by atoms with Crippen LogP contribution < -0.4 is 9.54 Å². The summed E-state index contributed by atoms with van der Waals surface area (Å²) in [5.74, 6) is 1.21. The summed E-state index contributed by atoms with van der Waals surface area (Å²) in [6, 6.07) is 7.47. The van der Waals surface area contributed by atoms with Gasteiger partial charge in [-0.15, -0.1) is 10.8 Å². The number of nitrogens with zero attached hydrogens (tertiary/aromatic N) is 2. The van der Waals surface area contributed by atoms with Gasteiger partial charge in [-0.2, -0.15) is 8.42 Å². The molecule has 0 fully saturated rings. The Hall–Kier alpha value is -2.70. The van der Waals surface area contributed by atoms with Crippen LogP contribution in [0, 0.1) is 24.0 Å². The Balaban J connectivity index is 2.24. The number of terminal acetylenes is 1. The van der Waals surface area contributed by atoms with E-state index in [1.807, 2.05) is 0 Å². The molecule has 0 N–H and O–H groups in total. The van der Waals surface area contributed by atoms with E-state index in [0.29, 0.717) is 11.8 Å². The molecule has 1 heterocycles. The van der Waals surface area contributed by atoms with Gasteiger partial charge in [0.2, 0.25) is 4.80 Å². The SMILES string of the molecule is C#CCn1c(=NS(=O)(=O)c2ccc(OC)cc2)sc2cc(F)cc(F)c21. The van der Waals surface area contributed by atoms with Crippen LogP contribution in [0.5, 0.6) is 5.75 Å². The lowest BCUT2D eigenvalue weighted by molar-refractivity contribution is 0.414. The monoisotopic (exact) mass is 394 g/mol. The van der Waals surface area contributed by atoms with Crippen LogP contribution in [0.2, 0.25) is 0 Å². The normalized spacial score (nSPS) is 12.3. The first-order valence-electron chi connectivity index (χ1n) is 7.22. The molecule has 26 heavy (non-hydrogen) atoms. The van der Waals surface area contributed by atoms with E-state index in [-0.39, 0.29) is 26.5 Å². The standard InChI is InChI=1S/C17H12F2N2O3S2/c1-3-8-21-16-14(19)9-11(18)10-15(16)25-17(21)20-26(22,23)13-6-4-12(24-2)5-7-13/h1,4-7,9-10H,8H2,2H3. The van der Waals surface area contributed by atoms with E-state index in [4.69, 9.17) is 11.2 Å². The highest BCUT2D eigenvalue weighted by atomic mass is 32.2. The summed E-state index contributed by atoms with van der Waals surface area (Å²) in [5.41, 5.74) is 0.0121. The molecular weight excluding hydrogens is 382 g/mol. The highest BCUT2D eigenvalue weighted by Gasteiger charge is 2.17. The van der Waals surface area contributed by atoms with Crippen molar-refractivity contribution >= 4 is 31.6 Å². The molecular formula is C17H12F2N2O3S2. The fraction of sp³-hybridized carbons (Fsp3) is 0.118. The van der Waals surface area contributed by atoms with E-state index in [9.17, 15) is 17.2 Å². The van der Waals surface area contributed by atoms with Crippen molar-refractivity contribution in [1.82, 2.24) is 4.57 Å². The minimum absolute atomic E-state index is 0.0121. The van der Waals surface area contributed by atoms with Gasteiger partial charge in [0.1, 0.15) is 11.6 Å². The van der Waals surface area contributed by atoms with Crippen LogP contribution in [0.25, 0.3) is 10.2 Å². The third kappa shape index (κ3) is 3.34. The molecule has 0 saturated carbocycles. The first-order valence-corrected chi connectivity index (χ1v) is 9.48. The third-order valence-corrected chi connectivity index (χ3v) is 5.92. The molecule has 3 aromatic rings. The molecule has 0 atom stereocenters. The van der Waals surface area contributed by atoms with Crippen LogP contribution in [-0.4, -0.2) is 20.1 Å². The smallest absolute Gasteiger partial charge is 0.285 e. The van der Waals surface area contributed by atoms with Crippen molar-refractivity contribution in [2.45, 2.75) is 11.4 Å². The predicted octanol–water partition coefficient (Wildman–Crippen LogP) is 2.91. The van der Waals surface area contributed by atoms with Crippen LogP contribution in [0.3, 0.4) is 0 Å². The van der Waals surface area contributed by atoms with E-state index < -0.39 is 21.7 Å². The first kappa shape index (κ1) is 18.1. The number of ether oxygens (including phenoxy) is 1. The number of sulfonamides is 1. The molecule has 0 aliphatic carbocycles. The molecule has 3 rings (SSSR count). The highest BCUT2D eigenvalue weighted by molar-refractivity contribution is 7.90. The van der Waals surface area contributed by atoms with E-state index in [0.717, 1.165) is 17.4 Å². The molecule has 0 amide bonds. The van der Waals surface area contributed by atoms with E-state index in [1.54, 1.807) is 0 Å². The molecule has 134 valence electrons. The van der Waals surface area contributed by atoms with Crippen LogP contribution >= 0.6 is 11.3 Å². The Labute approximate surface area is 152 Å². The number of thiazole rings is 1. The van der Waals surface area contributed by atoms with Crippen LogP contribution in [0.1, 0.15) is 0 Å². The van der Waals surface area contributed by atoms with Crippen molar-refractivity contribution in [1.29, 1.82) is 0 Å². The van der Waals surface area contributed by atoms with Crippen molar-refractivity contribution in [3.8, 4) is 18.1 Å². The molecule has 0 unspecified atom stereocenters. The Morgan fingerprint density at radius 2 is 1.96 bits per heavy atom. The summed E-state index contributed by atoms with van der Waals surface area (Å²) < 4.78 is 62.9. The molecule has 0 aliphatic rings. The number of rotatable bonds is 4. The van der Waals surface area contributed by atoms with E-state index in [2.05, 4.69) is 10.3 Å². The molecule has 1 aromatic heterocycles. The molecule has 9 heteroatoms. The van der Waals surface area contributed by atoms with Gasteiger partial charge in [0.25, 0.3) is 10.0 Å². The summed E-state index contributed by atoms with van der Waals surface area (Å²) in [4.78, 5) is -0.104. The molecule has 2 aromatic carbocycles. The third-order valence-electron chi connectivity index (χ3n) is 3.50. The fourth-order valence-electron chi connectivity index (χ4n) is 2.34. The quantitative estimate of drug-likeness (QED) is 0.640. The van der Waals surface area contributed by atoms with Gasteiger partial charge in [0, 0.05) is 6.07 Å². The van der Waals surface area contributed by atoms with Crippen LogP contribution in [-0.2, 0) is 16.6 Å². The maximum absolute atomic E-state index is 14.2. The summed E-state index contributed by atoms with van der Waals surface area (Å²) >= 11 is 0.838. The van der Waals surface area contributed by atoms with Crippen molar-refractivity contribution in [3.63, 3.8) is 0 Å². The van der Waals surface area contributed by atoms with Crippen molar-refractivity contribution in [2.24, 2.45) is 4.40 Å². The molecule has 0 saturated heterocycles. The van der Waals surface area contributed by atoms with Crippen molar-refractivity contribution < 1.29 is 21.9 Å². The topological polar surface area (TPSA) is 60.7 Å². The Kier molecular flexibility index (Phi) is 4.80. The minimum atomic E-state index is -4.08. The second-order valence-corrected chi connectivity index (χ2v) is 7.76. The average Bonchev–Trinajstić information content (AvgIpc) is 2.92. The van der Waals surface area contributed by atoms with Gasteiger partial charge >= 0.3 is 0 Å². The van der Waals surface area contributed by atoms with Gasteiger partial charge in [0.15, 0.2) is 5.82 Å². The number of fused-ring (bicyclic) bond motifs is 1. The number of methoxy groups -OCH3 is 1. The van der Waals surface area contributed by atoms with Crippen molar-refractivity contribution in [3.05, 3.63) is 52.8 Å². The number of aromatic nitrogens is 1. The summed E-state index contributed by atoms with van der Waals surface area (Å²) in [6.45, 7) is -0.112. The zero-order valence-electron chi connectivity index (χ0n) is 13.4. The van der Waals surface area contributed by atoms with Gasteiger partial charge in [-0.3, -0.25) is 0 Å². The molecule has 0 bridgehead atoms. The highest BCUT2D eigenvalue weighted by Crippen LogP contribution is 2.23. The second kappa shape index (κ2) is 6.90. The van der Waals surface area contributed by atoms with Gasteiger partial charge in [-0.25, -0.2) is 8.78 Å². The van der Waals surface area contributed by atoms with Crippen LogP contribution in [0.4, 0.5) is 8.78 Å². The van der Waals surface area contributed by atoms with E-state index >= 15 is 0 Å². The summed E-state index contributed by atoms with van der Waals surface area (Å²) in [5, 5.41) is 0. The van der Waals surface area contributed by atoms with Gasteiger partial charge in [-0.05, 0) is 30.3 Å². The zero-order chi connectivity index (χ0) is 18.9. The number of hydrogen-bond donors (Lipinski definition) is 0. The number of hydrogen-bond acceptors (Lipinski definition) is 4. The lowest BCUT2D eigenvalue weighted by atomic mass is 10.3. The molecule has 5 nitrogen and oxygen atoms in total. The van der Waals surface area contributed by atoms with Crippen LogP contribution in [0.15, 0.2) is 45.7 Å². The maximum atomic E-state index is 14.2. The summed E-state index contributed by atoms with van der Waals surface area (Å²) in [6.07, 6.45) is 5.30. The molecule has 0 spiro atoms. The Morgan fingerprint density at radius 3 is 2.58 bits per heavy atom. The lowest BCUT2D eigenvalue weighted by Crippen LogP contribution is -2.17. The van der Waals surface area contributed by atoms with E-state index in [1.165, 1.54) is 35.9 Å². The first-order chi connectivity index (χ1) is 12.4. The largest absolute Gasteiger partial charge is 0.497 e. The Bertz CT molecular complexity index is 1190. The predicted molar refractivity (Wildman–Crippen MR) is 94.3 cm³/mol. The van der Waals surface area contributed by atoms with Gasteiger partial charge in [-0.1, -0.05) is 17.3 Å². The number of benzene rings is 2. The zero-order valence-corrected chi connectivity index (χ0v) is 15.1. The fourth-order valence-corrected chi connectivity index (χ4v) is 4.61.